The van der Waals surface area contributed by atoms with Gasteiger partial charge in [-0.05, 0) is 11.6 Å². The summed E-state index contributed by atoms with van der Waals surface area (Å²) < 4.78 is 43.8. The number of hydrogen-bond acceptors (Lipinski definition) is 4. The van der Waals surface area contributed by atoms with Crippen molar-refractivity contribution in [3.05, 3.63) is 70.7 Å². The van der Waals surface area contributed by atoms with E-state index in [9.17, 15) is 13.2 Å². The lowest BCUT2D eigenvalue weighted by Crippen LogP contribution is -2.38. The van der Waals surface area contributed by atoms with Gasteiger partial charge in [0.05, 0.1) is 13.1 Å². The lowest BCUT2D eigenvalue weighted by atomic mass is 10.1. The number of nitrogens with zero attached hydrogens (tertiary/aromatic N) is 2. The van der Waals surface area contributed by atoms with Gasteiger partial charge >= 0.3 is 6.18 Å². The molecule has 0 bridgehead atoms. The van der Waals surface area contributed by atoms with Crippen LogP contribution >= 0.6 is 11.3 Å². The fraction of sp³-hybridized carbons (Fsp3) is 0.238. The number of benzene rings is 2. The van der Waals surface area contributed by atoms with E-state index in [1.54, 1.807) is 7.05 Å². The summed E-state index contributed by atoms with van der Waals surface area (Å²) in [6.07, 6.45) is -4.43. The number of aliphatic imine (C=N–C) groups is 1. The maximum absolute atomic E-state index is 12.6. The highest BCUT2D eigenvalue weighted by molar-refractivity contribution is 7.09. The van der Waals surface area contributed by atoms with Gasteiger partial charge in [-0.25, -0.2) is 4.98 Å². The second-order valence-electron chi connectivity index (χ2n) is 6.19. The van der Waals surface area contributed by atoms with E-state index in [4.69, 9.17) is 4.74 Å². The molecule has 0 amide bonds. The van der Waals surface area contributed by atoms with Crippen LogP contribution in [-0.4, -0.2) is 31.1 Å². The van der Waals surface area contributed by atoms with E-state index in [0.717, 1.165) is 33.6 Å². The van der Waals surface area contributed by atoms with Crippen LogP contribution in [0.25, 0.3) is 11.1 Å². The monoisotopic (exact) mass is 434 g/mol. The zero-order chi connectivity index (χ0) is 21.4. The molecular weight excluding hydrogens is 413 g/mol. The zero-order valence-corrected chi connectivity index (χ0v) is 17.1. The molecule has 1 aromatic heterocycles. The predicted molar refractivity (Wildman–Crippen MR) is 113 cm³/mol. The molecule has 5 nitrogen and oxygen atoms in total. The molecule has 2 N–H and O–H groups in total. The summed E-state index contributed by atoms with van der Waals surface area (Å²) in [5.41, 5.74) is 1.20. The Morgan fingerprint density at radius 2 is 1.80 bits per heavy atom. The predicted octanol–water partition coefficient (Wildman–Crippen LogP) is 4.57. The van der Waals surface area contributed by atoms with Crippen LogP contribution in [0.15, 0.2) is 65.0 Å². The van der Waals surface area contributed by atoms with E-state index in [2.05, 4.69) is 20.6 Å². The van der Waals surface area contributed by atoms with E-state index in [1.807, 2.05) is 54.6 Å². The first-order chi connectivity index (χ1) is 14.5. The van der Waals surface area contributed by atoms with Gasteiger partial charge in [-0.3, -0.25) is 4.99 Å². The molecule has 0 aliphatic rings. The number of thiazole rings is 1. The smallest absolute Gasteiger partial charge is 0.434 e. The molecule has 9 heteroatoms. The van der Waals surface area contributed by atoms with Crippen LogP contribution < -0.4 is 15.4 Å². The fourth-order valence-electron chi connectivity index (χ4n) is 2.68. The van der Waals surface area contributed by atoms with Gasteiger partial charge in [0.2, 0.25) is 0 Å². The summed E-state index contributed by atoms with van der Waals surface area (Å²) in [6.45, 7) is 1.01. The van der Waals surface area contributed by atoms with Crippen LogP contribution in [-0.2, 0) is 12.7 Å². The third-order valence-corrected chi connectivity index (χ3v) is 4.95. The van der Waals surface area contributed by atoms with Crippen LogP contribution in [0, 0.1) is 0 Å². The second kappa shape index (κ2) is 10.1. The number of alkyl halides is 3. The van der Waals surface area contributed by atoms with Crippen molar-refractivity contribution in [1.82, 2.24) is 15.6 Å². The highest BCUT2D eigenvalue weighted by Crippen LogP contribution is 2.30. The maximum Gasteiger partial charge on any atom is 0.434 e. The van der Waals surface area contributed by atoms with E-state index in [0.29, 0.717) is 24.1 Å². The molecule has 0 spiro atoms. The van der Waals surface area contributed by atoms with Crippen molar-refractivity contribution in [2.45, 2.75) is 12.7 Å². The lowest BCUT2D eigenvalue weighted by molar-refractivity contribution is -0.140. The van der Waals surface area contributed by atoms with E-state index < -0.39 is 11.9 Å². The Hall–Kier alpha value is -3.07. The number of para-hydroxylation sites is 1. The first-order valence-electron chi connectivity index (χ1n) is 9.20. The summed E-state index contributed by atoms with van der Waals surface area (Å²) in [7, 11) is 1.59. The summed E-state index contributed by atoms with van der Waals surface area (Å²) in [6, 6.07) is 17.8. The zero-order valence-electron chi connectivity index (χ0n) is 16.2. The Morgan fingerprint density at radius 3 is 2.50 bits per heavy atom. The molecule has 0 fully saturated rings. The van der Waals surface area contributed by atoms with Crippen LogP contribution in [0.1, 0.15) is 10.7 Å². The van der Waals surface area contributed by atoms with Crippen molar-refractivity contribution >= 4 is 17.3 Å². The van der Waals surface area contributed by atoms with E-state index >= 15 is 0 Å². The van der Waals surface area contributed by atoms with Crippen LogP contribution in [0.2, 0.25) is 0 Å². The third kappa shape index (κ3) is 5.96. The van der Waals surface area contributed by atoms with Gasteiger partial charge in [-0.15, -0.1) is 11.3 Å². The largest absolute Gasteiger partial charge is 0.491 e. The van der Waals surface area contributed by atoms with Crippen molar-refractivity contribution in [3.63, 3.8) is 0 Å². The average molecular weight is 434 g/mol. The molecule has 0 saturated carbocycles. The molecular formula is C21H21F3N4OS. The number of rotatable bonds is 7. The van der Waals surface area contributed by atoms with Crippen molar-refractivity contribution < 1.29 is 17.9 Å². The van der Waals surface area contributed by atoms with Crippen molar-refractivity contribution in [2.75, 3.05) is 20.2 Å². The van der Waals surface area contributed by atoms with Crippen LogP contribution in [0.3, 0.4) is 0 Å². The molecule has 3 rings (SSSR count). The first-order valence-corrected chi connectivity index (χ1v) is 10.1. The quantitative estimate of drug-likeness (QED) is 0.325. The van der Waals surface area contributed by atoms with Gasteiger partial charge in [0, 0.05) is 18.0 Å². The van der Waals surface area contributed by atoms with E-state index in [-0.39, 0.29) is 6.54 Å². The van der Waals surface area contributed by atoms with Crippen molar-refractivity contribution in [1.29, 1.82) is 0 Å². The van der Waals surface area contributed by atoms with Gasteiger partial charge < -0.3 is 15.4 Å². The van der Waals surface area contributed by atoms with Crippen molar-refractivity contribution in [3.8, 4) is 16.9 Å². The minimum atomic E-state index is -4.43. The molecule has 0 radical (unpaired) electrons. The van der Waals surface area contributed by atoms with Gasteiger partial charge in [-0.2, -0.15) is 13.2 Å². The normalized spacial score (nSPS) is 11.9. The fourth-order valence-corrected chi connectivity index (χ4v) is 3.42. The molecule has 0 aliphatic heterocycles. The molecule has 158 valence electrons. The number of aromatic nitrogens is 1. The Balaban J connectivity index is 1.48. The highest BCUT2D eigenvalue weighted by atomic mass is 32.1. The number of guanidine groups is 1. The molecule has 30 heavy (non-hydrogen) atoms. The maximum atomic E-state index is 12.6. The van der Waals surface area contributed by atoms with Gasteiger partial charge in [0.25, 0.3) is 0 Å². The SMILES string of the molecule is CN=C(NCCOc1ccccc1-c1ccccc1)NCc1nc(C(F)(F)F)cs1. The van der Waals surface area contributed by atoms with Gasteiger partial charge in [0.1, 0.15) is 17.4 Å². The minimum Gasteiger partial charge on any atom is -0.491 e. The summed E-state index contributed by atoms with van der Waals surface area (Å²) >= 11 is 0.953. The van der Waals surface area contributed by atoms with Crippen LogP contribution in [0.4, 0.5) is 13.2 Å². The number of halogens is 3. The first kappa shape index (κ1) is 21.6. The Bertz CT molecular complexity index is 974. The average Bonchev–Trinajstić information content (AvgIpc) is 3.24. The van der Waals surface area contributed by atoms with Crippen LogP contribution in [0.5, 0.6) is 5.75 Å². The standard InChI is InChI=1S/C21H21F3N4OS/c1-25-20(27-13-19-28-18(14-30-19)21(22,23)24)26-11-12-29-17-10-6-5-9-16(17)15-7-3-2-4-8-15/h2-10,14H,11-13H2,1H3,(H2,25,26,27). The van der Waals surface area contributed by atoms with E-state index in [1.165, 1.54) is 0 Å². The minimum absolute atomic E-state index is 0.151. The molecule has 3 aromatic rings. The number of nitrogens with one attached hydrogen (secondary N) is 2. The second-order valence-corrected chi connectivity index (χ2v) is 7.13. The molecule has 0 unspecified atom stereocenters. The molecule has 1 heterocycles. The third-order valence-electron chi connectivity index (χ3n) is 4.10. The molecule has 2 aromatic carbocycles. The van der Waals surface area contributed by atoms with Gasteiger partial charge in [0.15, 0.2) is 11.7 Å². The topological polar surface area (TPSA) is 58.5 Å². The Kier molecular flexibility index (Phi) is 7.29. The summed E-state index contributed by atoms with van der Waals surface area (Å²) in [4.78, 5) is 7.65. The van der Waals surface area contributed by atoms with Crippen molar-refractivity contribution in [2.24, 2.45) is 4.99 Å². The lowest BCUT2D eigenvalue weighted by Gasteiger charge is -2.14. The Morgan fingerprint density at radius 1 is 1.07 bits per heavy atom. The molecule has 0 saturated heterocycles. The highest BCUT2D eigenvalue weighted by Gasteiger charge is 2.33. The van der Waals surface area contributed by atoms with Gasteiger partial charge in [-0.1, -0.05) is 48.5 Å². The number of ether oxygens (including phenoxy) is 1. The number of hydrogen-bond donors (Lipinski definition) is 2. The molecule has 0 atom stereocenters. The Labute approximate surface area is 176 Å². The molecule has 0 aliphatic carbocycles. The summed E-state index contributed by atoms with van der Waals surface area (Å²) in [5.74, 6) is 1.23. The summed E-state index contributed by atoms with van der Waals surface area (Å²) in [5, 5.41) is 7.36.